The predicted octanol–water partition coefficient (Wildman–Crippen LogP) is 2.86. The molecule has 0 saturated carbocycles. The topological polar surface area (TPSA) is 96.8 Å². The number of likely N-dealkylation sites (tertiary alicyclic amines) is 1. The number of halogens is 3. The number of benzene rings is 1. The van der Waals surface area contributed by atoms with Gasteiger partial charge in [0.25, 0.3) is 5.91 Å². The van der Waals surface area contributed by atoms with Crippen LogP contribution in [0.3, 0.4) is 0 Å². The standard InChI is InChI=1S/C19H18Cl3N5O2/c1-9-13(4-10-2-3-11(20)5-14(10)21)15(8-26-6-12(28)7-26)27-19(24-9)16(18(23)29)17(22)25-27/h2-3,5,12,28H,4,6-8H2,1H3,(H2,23,29). The van der Waals surface area contributed by atoms with E-state index in [1.807, 2.05) is 13.0 Å². The first-order chi connectivity index (χ1) is 13.7. The second-order valence-corrected chi connectivity index (χ2v) is 8.35. The smallest absolute Gasteiger partial charge is 0.255 e. The minimum absolute atomic E-state index is 0.0102. The fourth-order valence-electron chi connectivity index (χ4n) is 3.58. The third-order valence-electron chi connectivity index (χ3n) is 5.07. The Kier molecular flexibility index (Phi) is 5.44. The number of rotatable bonds is 5. The first kappa shape index (κ1) is 20.4. The summed E-state index contributed by atoms with van der Waals surface area (Å²) < 4.78 is 1.57. The molecular weight excluding hydrogens is 437 g/mol. The lowest BCUT2D eigenvalue weighted by Gasteiger charge is -2.36. The molecule has 1 amide bonds. The Hall–Kier alpha value is -1.90. The number of amides is 1. The number of hydrogen-bond acceptors (Lipinski definition) is 5. The van der Waals surface area contributed by atoms with Crippen LogP contribution in [0.5, 0.6) is 0 Å². The molecule has 29 heavy (non-hydrogen) atoms. The van der Waals surface area contributed by atoms with Crippen molar-refractivity contribution in [3.8, 4) is 0 Å². The Morgan fingerprint density at radius 2 is 2.03 bits per heavy atom. The van der Waals surface area contributed by atoms with E-state index < -0.39 is 5.91 Å². The molecule has 3 aromatic rings. The number of carbonyl (C=O) groups excluding carboxylic acids is 1. The van der Waals surface area contributed by atoms with Crippen LogP contribution in [0.25, 0.3) is 5.65 Å². The van der Waals surface area contributed by atoms with Crippen molar-refractivity contribution >= 4 is 46.4 Å². The maximum absolute atomic E-state index is 11.9. The molecule has 0 bridgehead atoms. The second kappa shape index (κ2) is 7.74. The molecule has 1 aliphatic heterocycles. The number of aliphatic hydroxyl groups is 1. The zero-order valence-corrected chi connectivity index (χ0v) is 17.8. The summed E-state index contributed by atoms with van der Waals surface area (Å²) in [4.78, 5) is 18.5. The number of hydrogen-bond donors (Lipinski definition) is 2. The summed E-state index contributed by atoms with van der Waals surface area (Å²) in [7, 11) is 0. The van der Waals surface area contributed by atoms with Crippen LogP contribution in [-0.4, -0.2) is 49.7 Å². The highest BCUT2D eigenvalue weighted by atomic mass is 35.5. The Bertz CT molecular complexity index is 1120. The van der Waals surface area contributed by atoms with Gasteiger partial charge in [-0.05, 0) is 24.6 Å². The summed E-state index contributed by atoms with van der Waals surface area (Å²) in [6.07, 6.45) is 0.157. The zero-order chi connectivity index (χ0) is 20.9. The third kappa shape index (κ3) is 3.81. The number of aliphatic hydroxyl groups excluding tert-OH is 1. The normalized spacial score (nSPS) is 15.1. The molecule has 0 atom stereocenters. The quantitative estimate of drug-likeness (QED) is 0.618. The van der Waals surface area contributed by atoms with Crippen LogP contribution in [0.15, 0.2) is 18.2 Å². The van der Waals surface area contributed by atoms with E-state index in [4.69, 9.17) is 40.5 Å². The van der Waals surface area contributed by atoms with E-state index in [9.17, 15) is 9.90 Å². The average Bonchev–Trinajstić information content (AvgIpc) is 2.93. The van der Waals surface area contributed by atoms with E-state index in [1.54, 1.807) is 16.6 Å². The average molecular weight is 455 g/mol. The molecule has 3 N–H and O–H groups in total. The van der Waals surface area contributed by atoms with Gasteiger partial charge in [0.15, 0.2) is 10.8 Å². The fourth-order valence-corrected chi connectivity index (χ4v) is 4.31. The van der Waals surface area contributed by atoms with Crippen molar-refractivity contribution < 1.29 is 9.90 Å². The van der Waals surface area contributed by atoms with Gasteiger partial charge in [0.05, 0.1) is 11.8 Å². The summed E-state index contributed by atoms with van der Waals surface area (Å²) in [5, 5.41) is 15.1. The van der Waals surface area contributed by atoms with Gasteiger partial charge in [-0.25, -0.2) is 9.50 Å². The van der Waals surface area contributed by atoms with Gasteiger partial charge < -0.3 is 10.8 Å². The minimum atomic E-state index is -0.685. The van der Waals surface area contributed by atoms with Crippen LogP contribution in [0.4, 0.5) is 0 Å². The van der Waals surface area contributed by atoms with Gasteiger partial charge in [0, 0.05) is 47.4 Å². The van der Waals surface area contributed by atoms with E-state index in [0.717, 1.165) is 22.5 Å². The number of β-amino-alcohol motifs (C(OH)–C–C–N with tert-alkyl or cyclic N) is 1. The Morgan fingerprint density at radius 1 is 1.31 bits per heavy atom. The number of aryl methyl sites for hydroxylation is 1. The molecule has 10 heteroatoms. The lowest BCUT2D eigenvalue weighted by atomic mass is 10.0. The molecule has 3 heterocycles. The van der Waals surface area contributed by atoms with E-state index >= 15 is 0 Å². The molecule has 2 aromatic heterocycles. The number of nitrogens with two attached hydrogens (primary N) is 1. The van der Waals surface area contributed by atoms with Crippen LogP contribution in [0, 0.1) is 6.92 Å². The molecule has 1 saturated heterocycles. The van der Waals surface area contributed by atoms with Gasteiger partial charge in [-0.3, -0.25) is 9.69 Å². The number of aromatic nitrogens is 3. The molecule has 4 rings (SSSR count). The van der Waals surface area contributed by atoms with E-state index in [-0.39, 0.29) is 16.8 Å². The molecule has 0 radical (unpaired) electrons. The first-order valence-corrected chi connectivity index (χ1v) is 10.1. The maximum Gasteiger partial charge on any atom is 0.255 e. The number of primary amides is 1. The van der Waals surface area contributed by atoms with Crippen molar-refractivity contribution in [2.24, 2.45) is 5.73 Å². The fraction of sp³-hybridized carbons (Fsp3) is 0.316. The summed E-state index contributed by atoms with van der Waals surface area (Å²) in [5.74, 6) is -0.685. The van der Waals surface area contributed by atoms with E-state index in [0.29, 0.717) is 41.7 Å². The molecule has 0 unspecified atom stereocenters. The van der Waals surface area contributed by atoms with Crippen LogP contribution in [-0.2, 0) is 13.0 Å². The van der Waals surface area contributed by atoms with Crippen molar-refractivity contribution in [3.63, 3.8) is 0 Å². The lowest BCUT2D eigenvalue weighted by Crippen LogP contribution is -2.50. The Morgan fingerprint density at radius 3 is 2.66 bits per heavy atom. The minimum Gasteiger partial charge on any atom is -0.390 e. The molecule has 7 nitrogen and oxygen atoms in total. The van der Waals surface area contributed by atoms with Crippen LogP contribution in [0.1, 0.15) is 32.9 Å². The van der Waals surface area contributed by atoms with E-state index in [1.165, 1.54) is 0 Å². The Balaban J connectivity index is 1.87. The van der Waals surface area contributed by atoms with Crippen LogP contribution >= 0.6 is 34.8 Å². The van der Waals surface area contributed by atoms with Crippen molar-refractivity contribution in [1.29, 1.82) is 0 Å². The monoisotopic (exact) mass is 453 g/mol. The molecular formula is C19H18Cl3N5O2. The van der Waals surface area contributed by atoms with Crippen molar-refractivity contribution in [1.82, 2.24) is 19.5 Å². The first-order valence-electron chi connectivity index (χ1n) is 8.95. The summed E-state index contributed by atoms with van der Waals surface area (Å²) in [6, 6.07) is 5.35. The SMILES string of the molecule is Cc1nc2c(C(N)=O)c(Cl)nn2c(CN2CC(O)C2)c1Cc1ccc(Cl)cc1Cl. The highest BCUT2D eigenvalue weighted by molar-refractivity contribution is 6.35. The molecule has 1 fully saturated rings. The van der Waals surface area contributed by atoms with Gasteiger partial charge in [0.2, 0.25) is 0 Å². The van der Waals surface area contributed by atoms with Gasteiger partial charge in [-0.15, -0.1) is 0 Å². The summed E-state index contributed by atoms with van der Waals surface area (Å²) >= 11 is 18.6. The number of carbonyl (C=O) groups is 1. The number of nitrogens with zero attached hydrogens (tertiary/aromatic N) is 4. The summed E-state index contributed by atoms with van der Waals surface area (Å²) in [5.41, 5.74) is 9.25. The third-order valence-corrected chi connectivity index (χ3v) is 5.92. The highest BCUT2D eigenvalue weighted by Crippen LogP contribution is 2.29. The van der Waals surface area contributed by atoms with Crippen molar-refractivity contribution in [3.05, 3.63) is 61.5 Å². The van der Waals surface area contributed by atoms with Crippen LogP contribution < -0.4 is 5.73 Å². The van der Waals surface area contributed by atoms with Gasteiger partial charge in [-0.2, -0.15) is 5.10 Å². The maximum atomic E-state index is 11.9. The second-order valence-electron chi connectivity index (χ2n) is 7.15. The lowest BCUT2D eigenvalue weighted by molar-refractivity contribution is -0.00404. The van der Waals surface area contributed by atoms with Crippen LogP contribution in [0.2, 0.25) is 15.2 Å². The summed E-state index contributed by atoms with van der Waals surface area (Å²) in [6.45, 7) is 3.48. The number of fused-ring (bicyclic) bond motifs is 1. The largest absolute Gasteiger partial charge is 0.390 e. The van der Waals surface area contributed by atoms with Crippen molar-refractivity contribution in [2.45, 2.75) is 26.0 Å². The molecule has 0 spiro atoms. The molecule has 1 aromatic carbocycles. The zero-order valence-electron chi connectivity index (χ0n) is 15.5. The van der Waals surface area contributed by atoms with Gasteiger partial charge in [0.1, 0.15) is 5.56 Å². The van der Waals surface area contributed by atoms with Gasteiger partial charge in [-0.1, -0.05) is 40.9 Å². The van der Waals surface area contributed by atoms with E-state index in [2.05, 4.69) is 15.0 Å². The van der Waals surface area contributed by atoms with Crippen molar-refractivity contribution in [2.75, 3.05) is 13.1 Å². The van der Waals surface area contributed by atoms with Gasteiger partial charge >= 0.3 is 0 Å². The molecule has 0 aliphatic carbocycles. The Labute approximate surface area is 182 Å². The molecule has 152 valence electrons. The highest BCUT2D eigenvalue weighted by Gasteiger charge is 2.29. The predicted molar refractivity (Wildman–Crippen MR) is 112 cm³/mol. The molecule has 1 aliphatic rings.